The van der Waals surface area contributed by atoms with Gasteiger partial charge in [-0.2, -0.15) is 0 Å². The number of anilines is 2. The number of benzene rings is 3. The van der Waals surface area contributed by atoms with E-state index in [0.29, 0.717) is 11.4 Å². The lowest BCUT2D eigenvalue weighted by molar-refractivity contribution is -0.384. The zero-order valence-electron chi connectivity index (χ0n) is 17.6. The largest absolute Gasteiger partial charge is 0.369 e. The van der Waals surface area contributed by atoms with Gasteiger partial charge in [0.1, 0.15) is 0 Å². The summed E-state index contributed by atoms with van der Waals surface area (Å²) in [5, 5.41) is 12.6. The van der Waals surface area contributed by atoms with Crippen LogP contribution in [-0.4, -0.2) is 57.5 Å². The molecule has 2 aliphatic rings. The van der Waals surface area contributed by atoms with Gasteiger partial charge in [0.2, 0.25) is 0 Å². The average molecular weight is 453 g/mol. The van der Waals surface area contributed by atoms with Crippen molar-refractivity contribution in [2.24, 2.45) is 0 Å². The van der Waals surface area contributed by atoms with Gasteiger partial charge in [-0.1, -0.05) is 24.3 Å². The van der Waals surface area contributed by atoms with Gasteiger partial charge in [-0.3, -0.25) is 19.3 Å². The van der Waals surface area contributed by atoms with Crippen LogP contribution in [0.15, 0.2) is 65.6 Å². The van der Waals surface area contributed by atoms with Crippen molar-refractivity contribution >= 4 is 37.9 Å². The van der Waals surface area contributed by atoms with E-state index in [-0.39, 0.29) is 10.6 Å². The van der Waals surface area contributed by atoms with Crippen LogP contribution in [0, 0.1) is 10.1 Å². The molecule has 32 heavy (non-hydrogen) atoms. The van der Waals surface area contributed by atoms with Crippen LogP contribution in [0.5, 0.6) is 0 Å². The smallest absolute Gasteiger partial charge is 0.269 e. The second-order valence-electron chi connectivity index (χ2n) is 8.16. The number of hydrogen-bond donors (Lipinski definition) is 0. The highest BCUT2D eigenvalue weighted by molar-refractivity contribution is 7.93. The van der Waals surface area contributed by atoms with Crippen LogP contribution in [0.25, 0.3) is 10.8 Å². The number of hydrogen-bond acceptors (Lipinski definition) is 6. The number of non-ortho nitro benzene ring substituents is 1. The normalized spacial score (nSPS) is 17.8. The molecular weight excluding hydrogens is 428 g/mol. The Bertz CT molecular complexity index is 1260. The van der Waals surface area contributed by atoms with E-state index in [9.17, 15) is 18.5 Å². The highest BCUT2D eigenvalue weighted by atomic mass is 32.2. The molecule has 0 bridgehead atoms. The second kappa shape index (κ2) is 8.07. The highest BCUT2D eigenvalue weighted by Gasteiger charge is 2.35. The summed E-state index contributed by atoms with van der Waals surface area (Å²) in [6, 6.07) is 17.9. The van der Waals surface area contributed by atoms with Gasteiger partial charge < -0.3 is 4.90 Å². The molecular formula is C23H24N4O4S. The molecule has 2 heterocycles. The fraction of sp³-hybridized carbons (Fsp3) is 0.304. The van der Waals surface area contributed by atoms with Crippen molar-refractivity contribution in [1.82, 2.24) is 4.90 Å². The van der Waals surface area contributed by atoms with Crippen molar-refractivity contribution in [2.75, 3.05) is 48.5 Å². The first kappa shape index (κ1) is 20.7. The summed E-state index contributed by atoms with van der Waals surface area (Å²) in [6.45, 7) is 4.71. The molecule has 0 saturated carbocycles. The van der Waals surface area contributed by atoms with Crippen LogP contribution in [0.2, 0.25) is 0 Å². The number of nitrogens with zero attached hydrogens (tertiary/aromatic N) is 4. The van der Waals surface area contributed by atoms with E-state index in [0.717, 1.165) is 61.3 Å². The minimum atomic E-state index is -3.50. The molecule has 1 fully saturated rings. The van der Waals surface area contributed by atoms with Crippen LogP contribution < -0.4 is 9.21 Å². The van der Waals surface area contributed by atoms with E-state index in [4.69, 9.17) is 0 Å². The molecule has 0 radical (unpaired) electrons. The molecule has 0 aliphatic carbocycles. The summed E-state index contributed by atoms with van der Waals surface area (Å²) < 4.78 is 27.7. The van der Waals surface area contributed by atoms with Crippen LogP contribution in [0.3, 0.4) is 0 Å². The molecule has 0 N–H and O–H groups in total. The lowest BCUT2D eigenvalue weighted by Gasteiger charge is -2.36. The average Bonchev–Trinajstić information content (AvgIpc) is 3.03. The Morgan fingerprint density at radius 3 is 2.25 bits per heavy atom. The van der Waals surface area contributed by atoms with E-state index in [2.05, 4.69) is 9.80 Å². The van der Waals surface area contributed by atoms with Crippen molar-refractivity contribution in [3.8, 4) is 0 Å². The monoisotopic (exact) mass is 452 g/mol. The maximum Gasteiger partial charge on any atom is 0.269 e. The summed E-state index contributed by atoms with van der Waals surface area (Å²) in [5.74, 6) is 0. The van der Waals surface area contributed by atoms with Crippen molar-refractivity contribution in [2.45, 2.75) is 11.3 Å². The van der Waals surface area contributed by atoms with Crippen molar-refractivity contribution in [3.05, 3.63) is 70.8 Å². The molecule has 0 amide bonds. The zero-order valence-corrected chi connectivity index (χ0v) is 18.4. The fourth-order valence-corrected chi connectivity index (χ4v) is 6.40. The number of nitro benzene ring substituents is 1. The lowest BCUT2D eigenvalue weighted by atomic mass is 10.1. The van der Waals surface area contributed by atoms with Crippen LogP contribution >= 0.6 is 0 Å². The quantitative estimate of drug-likeness (QED) is 0.420. The van der Waals surface area contributed by atoms with Gasteiger partial charge in [0.05, 0.1) is 15.5 Å². The first-order valence-electron chi connectivity index (χ1n) is 10.7. The lowest BCUT2D eigenvalue weighted by Crippen LogP contribution is -2.47. The zero-order chi connectivity index (χ0) is 22.3. The summed E-state index contributed by atoms with van der Waals surface area (Å²) in [4.78, 5) is 15.4. The van der Waals surface area contributed by atoms with E-state index in [1.54, 1.807) is 28.6 Å². The fourth-order valence-electron chi connectivity index (χ4n) is 4.65. The van der Waals surface area contributed by atoms with Gasteiger partial charge in [-0.15, -0.1) is 0 Å². The molecule has 0 unspecified atom stereocenters. The maximum absolute atomic E-state index is 13.1. The van der Waals surface area contributed by atoms with Gasteiger partial charge in [-0.25, -0.2) is 8.42 Å². The Morgan fingerprint density at radius 2 is 1.56 bits per heavy atom. The van der Waals surface area contributed by atoms with Crippen LogP contribution in [0.1, 0.15) is 6.42 Å². The Hall–Kier alpha value is -3.17. The number of nitro groups is 1. The second-order valence-corrected chi connectivity index (χ2v) is 10.00. The topological polar surface area (TPSA) is 87.0 Å². The number of rotatable bonds is 6. The first-order chi connectivity index (χ1) is 15.4. The summed E-state index contributed by atoms with van der Waals surface area (Å²) in [5.41, 5.74) is 1.87. The molecule has 5 rings (SSSR count). The Kier molecular flexibility index (Phi) is 5.22. The molecule has 3 aromatic carbocycles. The molecule has 0 spiro atoms. The predicted octanol–water partition coefficient (Wildman–Crippen LogP) is 3.47. The molecule has 9 heteroatoms. The van der Waals surface area contributed by atoms with E-state index < -0.39 is 10.0 Å². The Labute approximate surface area is 186 Å². The third-order valence-corrected chi connectivity index (χ3v) is 8.17. The first-order valence-corrected chi connectivity index (χ1v) is 12.2. The molecule has 1 saturated heterocycles. The number of sulfonamides is 1. The van der Waals surface area contributed by atoms with Gasteiger partial charge in [0.15, 0.2) is 0 Å². The van der Waals surface area contributed by atoms with E-state index >= 15 is 0 Å². The third kappa shape index (κ3) is 3.57. The summed E-state index contributed by atoms with van der Waals surface area (Å²) >= 11 is 0. The van der Waals surface area contributed by atoms with Gasteiger partial charge in [0, 0.05) is 62.5 Å². The van der Waals surface area contributed by atoms with Crippen molar-refractivity contribution < 1.29 is 13.3 Å². The van der Waals surface area contributed by atoms with Gasteiger partial charge >= 0.3 is 0 Å². The minimum Gasteiger partial charge on any atom is -0.369 e. The van der Waals surface area contributed by atoms with Crippen molar-refractivity contribution in [3.63, 3.8) is 0 Å². The van der Waals surface area contributed by atoms with Crippen LogP contribution in [0.4, 0.5) is 17.1 Å². The van der Waals surface area contributed by atoms with Gasteiger partial charge in [-0.05, 0) is 36.1 Å². The molecule has 0 aromatic heterocycles. The minimum absolute atomic E-state index is 0.0992. The van der Waals surface area contributed by atoms with E-state index in [1.807, 2.05) is 24.3 Å². The SMILES string of the molecule is O=[N+]([O-])c1ccc(N2CCN(CCCN3c4cccc5cccc(c45)S3(=O)=O)CC2)cc1. The maximum atomic E-state index is 13.1. The summed E-state index contributed by atoms with van der Waals surface area (Å²) in [7, 11) is -3.50. The van der Waals surface area contributed by atoms with Crippen LogP contribution in [-0.2, 0) is 10.0 Å². The number of piperazine rings is 1. The third-order valence-electron chi connectivity index (χ3n) is 6.31. The predicted molar refractivity (Wildman–Crippen MR) is 125 cm³/mol. The Morgan fingerprint density at radius 1 is 0.875 bits per heavy atom. The molecule has 166 valence electrons. The van der Waals surface area contributed by atoms with Crippen molar-refractivity contribution in [1.29, 1.82) is 0 Å². The van der Waals surface area contributed by atoms with Gasteiger partial charge in [0.25, 0.3) is 15.7 Å². The Balaban J connectivity index is 1.18. The standard InChI is InChI=1S/C23H24N4O4S/c28-27(29)20-10-8-19(9-11-20)25-16-14-24(15-17-25)12-3-13-26-21-6-1-4-18-5-2-7-22(23(18)21)32(26,30)31/h1-2,4-11H,3,12-17H2. The molecule has 3 aromatic rings. The molecule has 0 atom stereocenters. The summed E-state index contributed by atoms with van der Waals surface area (Å²) in [6.07, 6.45) is 0.751. The molecule has 2 aliphatic heterocycles. The highest BCUT2D eigenvalue weighted by Crippen LogP contribution is 2.41. The van der Waals surface area contributed by atoms with E-state index in [1.165, 1.54) is 12.1 Å². The molecule has 8 nitrogen and oxygen atoms in total.